The molecule has 1 fully saturated rings. The molecule has 1 aromatic carbocycles. The number of aryl methyl sites for hydroxylation is 2. The Morgan fingerprint density at radius 1 is 1.32 bits per heavy atom. The Balaban J connectivity index is 1.77. The molecule has 1 N–H and O–H groups in total. The molecule has 2 nitrogen and oxygen atoms in total. The third-order valence-electron chi connectivity index (χ3n) is 4.23. The summed E-state index contributed by atoms with van der Waals surface area (Å²) < 4.78 is 0. The van der Waals surface area contributed by atoms with Crippen molar-refractivity contribution in [3.8, 4) is 0 Å². The van der Waals surface area contributed by atoms with Gasteiger partial charge in [0, 0.05) is 13.1 Å². The first kappa shape index (κ1) is 14.5. The molecule has 1 saturated heterocycles. The van der Waals surface area contributed by atoms with Crippen molar-refractivity contribution in [3.05, 3.63) is 34.9 Å². The van der Waals surface area contributed by atoms with Gasteiger partial charge in [-0.15, -0.1) is 0 Å². The SMILES string of the molecule is Cc1ccc(CCN(C)CC2CCCNC2)c(C)c1. The lowest BCUT2D eigenvalue weighted by Crippen LogP contribution is -2.37. The van der Waals surface area contributed by atoms with Crippen molar-refractivity contribution in [2.45, 2.75) is 33.1 Å². The lowest BCUT2D eigenvalue weighted by Gasteiger charge is -2.27. The van der Waals surface area contributed by atoms with Crippen LogP contribution in [-0.2, 0) is 6.42 Å². The van der Waals surface area contributed by atoms with E-state index < -0.39 is 0 Å². The number of rotatable bonds is 5. The van der Waals surface area contributed by atoms with Crippen molar-refractivity contribution in [2.24, 2.45) is 5.92 Å². The van der Waals surface area contributed by atoms with Gasteiger partial charge < -0.3 is 10.2 Å². The molecule has 106 valence electrons. The standard InChI is InChI=1S/C17H28N2/c1-14-6-7-17(15(2)11-14)8-10-19(3)13-16-5-4-9-18-12-16/h6-7,11,16,18H,4-5,8-10,12-13H2,1-3H3. The van der Waals surface area contributed by atoms with Gasteiger partial charge in [-0.3, -0.25) is 0 Å². The molecule has 2 rings (SSSR count). The molecule has 1 aliphatic rings. The van der Waals surface area contributed by atoms with E-state index in [1.807, 2.05) is 0 Å². The summed E-state index contributed by atoms with van der Waals surface area (Å²) in [6, 6.07) is 6.81. The average Bonchev–Trinajstić information content (AvgIpc) is 2.39. The zero-order valence-corrected chi connectivity index (χ0v) is 12.7. The van der Waals surface area contributed by atoms with Gasteiger partial charge in [0.25, 0.3) is 0 Å². The Morgan fingerprint density at radius 3 is 2.84 bits per heavy atom. The second-order valence-electron chi connectivity index (χ2n) is 6.15. The summed E-state index contributed by atoms with van der Waals surface area (Å²) in [5.74, 6) is 0.845. The lowest BCUT2D eigenvalue weighted by atomic mass is 9.98. The summed E-state index contributed by atoms with van der Waals surface area (Å²) in [4.78, 5) is 2.50. The molecule has 19 heavy (non-hydrogen) atoms. The first-order valence-electron chi connectivity index (χ1n) is 7.60. The number of likely N-dealkylation sites (N-methyl/N-ethyl adjacent to an activating group) is 1. The monoisotopic (exact) mass is 260 g/mol. The summed E-state index contributed by atoms with van der Waals surface area (Å²) in [5.41, 5.74) is 4.30. The predicted octanol–water partition coefficient (Wildman–Crippen LogP) is 2.78. The highest BCUT2D eigenvalue weighted by Gasteiger charge is 2.14. The van der Waals surface area contributed by atoms with Crippen molar-refractivity contribution in [3.63, 3.8) is 0 Å². The van der Waals surface area contributed by atoms with Gasteiger partial charge in [-0.1, -0.05) is 23.8 Å². The van der Waals surface area contributed by atoms with Gasteiger partial charge in [-0.25, -0.2) is 0 Å². The molecule has 2 heteroatoms. The van der Waals surface area contributed by atoms with Crippen LogP contribution in [0.4, 0.5) is 0 Å². The second kappa shape index (κ2) is 7.06. The summed E-state index contributed by atoms with van der Waals surface area (Å²) in [5, 5.41) is 3.50. The highest BCUT2D eigenvalue weighted by molar-refractivity contribution is 5.30. The third-order valence-corrected chi connectivity index (χ3v) is 4.23. The topological polar surface area (TPSA) is 15.3 Å². The molecule has 1 heterocycles. The van der Waals surface area contributed by atoms with Crippen LogP contribution in [0.15, 0.2) is 18.2 Å². The normalized spacial score (nSPS) is 19.9. The fourth-order valence-electron chi connectivity index (χ4n) is 3.05. The van der Waals surface area contributed by atoms with Crippen LogP contribution in [0.1, 0.15) is 29.5 Å². The van der Waals surface area contributed by atoms with Gasteiger partial charge in [-0.05, 0) is 70.3 Å². The summed E-state index contributed by atoms with van der Waals surface area (Å²) in [7, 11) is 2.26. The number of benzene rings is 1. The van der Waals surface area contributed by atoms with Gasteiger partial charge >= 0.3 is 0 Å². The maximum absolute atomic E-state index is 3.50. The minimum atomic E-state index is 0.845. The van der Waals surface area contributed by atoms with E-state index in [0.717, 1.165) is 5.92 Å². The van der Waals surface area contributed by atoms with Gasteiger partial charge in [-0.2, -0.15) is 0 Å². The molecular formula is C17H28N2. The first-order chi connectivity index (χ1) is 9.15. The molecule has 0 aliphatic carbocycles. The van der Waals surface area contributed by atoms with Crippen molar-refractivity contribution < 1.29 is 0 Å². The summed E-state index contributed by atoms with van der Waals surface area (Å²) in [6.45, 7) is 9.21. The van der Waals surface area contributed by atoms with Gasteiger partial charge in [0.2, 0.25) is 0 Å². The van der Waals surface area contributed by atoms with Crippen LogP contribution in [0.25, 0.3) is 0 Å². The molecule has 1 unspecified atom stereocenters. The molecule has 0 bridgehead atoms. The number of nitrogens with one attached hydrogen (secondary N) is 1. The minimum absolute atomic E-state index is 0.845. The minimum Gasteiger partial charge on any atom is -0.316 e. The molecular weight excluding hydrogens is 232 g/mol. The van der Waals surface area contributed by atoms with Crippen LogP contribution >= 0.6 is 0 Å². The van der Waals surface area contributed by atoms with Crippen LogP contribution in [0.5, 0.6) is 0 Å². The molecule has 0 amide bonds. The maximum Gasteiger partial charge on any atom is 0.00190 e. The predicted molar refractivity (Wildman–Crippen MR) is 82.7 cm³/mol. The smallest absolute Gasteiger partial charge is 0.00190 e. The van der Waals surface area contributed by atoms with Gasteiger partial charge in [0.05, 0.1) is 0 Å². The molecule has 1 aliphatic heterocycles. The van der Waals surface area contributed by atoms with E-state index >= 15 is 0 Å². The van der Waals surface area contributed by atoms with E-state index in [0.29, 0.717) is 0 Å². The fraction of sp³-hybridized carbons (Fsp3) is 0.647. The Labute approximate surface area is 118 Å². The van der Waals surface area contributed by atoms with Crippen LogP contribution in [0.3, 0.4) is 0 Å². The van der Waals surface area contributed by atoms with Crippen molar-refractivity contribution >= 4 is 0 Å². The quantitative estimate of drug-likeness (QED) is 0.876. The zero-order valence-electron chi connectivity index (χ0n) is 12.7. The van der Waals surface area contributed by atoms with E-state index in [1.54, 1.807) is 0 Å². The Bertz CT molecular complexity index is 394. The molecule has 0 spiro atoms. The maximum atomic E-state index is 3.50. The van der Waals surface area contributed by atoms with Crippen molar-refractivity contribution in [2.75, 3.05) is 33.2 Å². The van der Waals surface area contributed by atoms with Crippen LogP contribution in [0, 0.1) is 19.8 Å². The van der Waals surface area contributed by atoms with E-state index in [1.165, 1.54) is 62.1 Å². The van der Waals surface area contributed by atoms with E-state index in [2.05, 4.69) is 49.3 Å². The highest BCUT2D eigenvalue weighted by Crippen LogP contribution is 2.13. The molecule has 0 saturated carbocycles. The molecule has 1 aromatic rings. The Hall–Kier alpha value is -0.860. The van der Waals surface area contributed by atoms with E-state index in [-0.39, 0.29) is 0 Å². The highest BCUT2D eigenvalue weighted by atomic mass is 15.1. The first-order valence-corrected chi connectivity index (χ1v) is 7.60. The molecule has 1 atom stereocenters. The lowest BCUT2D eigenvalue weighted by molar-refractivity contribution is 0.245. The van der Waals surface area contributed by atoms with Crippen molar-refractivity contribution in [1.29, 1.82) is 0 Å². The van der Waals surface area contributed by atoms with E-state index in [4.69, 9.17) is 0 Å². The number of hydrogen-bond acceptors (Lipinski definition) is 2. The molecule has 0 aromatic heterocycles. The Kier molecular flexibility index (Phi) is 5.41. The van der Waals surface area contributed by atoms with Crippen LogP contribution < -0.4 is 5.32 Å². The third kappa shape index (κ3) is 4.63. The van der Waals surface area contributed by atoms with Crippen molar-refractivity contribution in [1.82, 2.24) is 10.2 Å². The number of nitrogens with zero attached hydrogens (tertiary/aromatic N) is 1. The van der Waals surface area contributed by atoms with Crippen LogP contribution in [0.2, 0.25) is 0 Å². The summed E-state index contributed by atoms with van der Waals surface area (Å²) >= 11 is 0. The number of piperidine rings is 1. The average molecular weight is 260 g/mol. The molecule has 0 radical (unpaired) electrons. The second-order valence-corrected chi connectivity index (χ2v) is 6.15. The Morgan fingerprint density at radius 2 is 2.16 bits per heavy atom. The van der Waals surface area contributed by atoms with Gasteiger partial charge in [0.15, 0.2) is 0 Å². The zero-order chi connectivity index (χ0) is 13.7. The largest absolute Gasteiger partial charge is 0.316 e. The summed E-state index contributed by atoms with van der Waals surface area (Å²) in [6.07, 6.45) is 3.90. The van der Waals surface area contributed by atoms with E-state index in [9.17, 15) is 0 Å². The number of hydrogen-bond donors (Lipinski definition) is 1. The van der Waals surface area contributed by atoms with Gasteiger partial charge in [0.1, 0.15) is 0 Å². The van der Waals surface area contributed by atoms with Crippen LogP contribution in [-0.4, -0.2) is 38.1 Å². The fourth-order valence-corrected chi connectivity index (χ4v) is 3.05.